The normalized spacial score (nSPS) is 17.4. The highest BCUT2D eigenvalue weighted by Gasteiger charge is 2.16. The number of alkyl halides is 2. The Morgan fingerprint density at radius 3 is 2.43 bits per heavy atom. The first-order chi connectivity index (χ1) is 3.12. The van der Waals surface area contributed by atoms with E-state index in [0.29, 0.717) is 4.43 Å². The van der Waals surface area contributed by atoms with Gasteiger partial charge in [0.25, 0.3) is 0 Å². The second kappa shape index (κ2) is 2.73. The van der Waals surface area contributed by atoms with Crippen LogP contribution in [0.4, 0.5) is 0 Å². The molecule has 3 heteroatoms. The van der Waals surface area contributed by atoms with Crippen molar-refractivity contribution in [3.05, 3.63) is 0 Å². The van der Waals surface area contributed by atoms with Crippen LogP contribution < -0.4 is 0 Å². The molecule has 0 heterocycles. The highest BCUT2D eigenvalue weighted by molar-refractivity contribution is 14.1. The van der Waals surface area contributed by atoms with E-state index >= 15 is 0 Å². The van der Waals surface area contributed by atoms with E-state index in [1.54, 1.807) is 6.92 Å². The number of nitrogens with zero attached hydrogens (tertiary/aromatic N) is 1. The van der Waals surface area contributed by atoms with Crippen LogP contribution in [-0.4, -0.2) is 9.30 Å². The molecule has 0 aromatic carbocycles. The summed E-state index contributed by atoms with van der Waals surface area (Å²) in [7, 11) is 0. The highest BCUT2D eigenvalue weighted by Crippen LogP contribution is 2.14. The smallest absolute Gasteiger partial charge is 0.137 e. The van der Waals surface area contributed by atoms with E-state index in [1.807, 2.05) is 6.07 Å². The van der Waals surface area contributed by atoms with E-state index in [0.717, 1.165) is 0 Å². The standard InChI is InChI=1S/C4H5ClIN/c1-4(5,2-6)3-7/h2H2,1H3/t4-/m0/s1. The maximum Gasteiger partial charge on any atom is 0.137 e. The van der Waals surface area contributed by atoms with Gasteiger partial charge >= 0.3 is 0 Å². The van der Waals surface area contributed by atoms with Crippen LogP contribution in [0.5, 0.6) is 0 Å². The van der Waals surface area contributed by atoms with Crippen molar-refractivity contribution in [2.75, 3.05) is 4.43 Å². The summed E-state index contributed by atoms with van der Waals surface area (Å²) in [4.78, 5) is -0.652. The van der Waals surface area contributed by atoms with Gasteiger partial charge in [-0.05, 0) is 6.92 Å². The minimum atomic E-state index is -0.652. The Labute approximate surface area is 61.8 Å². The summed E-state index contributed by atoms with van der Waals surface area (Å²) in [6.07, 6.45) is 0. The molecule has 0 saturated carbocycles. The van der Waals surface area contributed by atoms with Crippen molar-refractivity contribution in [3.8, 4) is 6.07 Å². The molecule has 0 saturated heterocycles. The second-order valence-corrected chi connectivity index (χ2v) is 3.04. The summed E-state index contributed by atoms with van der Waals surface area (Å²) < 4.78 is 0.669. The first-order valence-corrected chi connectivity index (χ1v) is 3.69. The summed E-state index contributed by atoms with van der Waals surface area (Å²) in [6, 6.07) is 1.95. The minimum absolute atomic E-state index is 0.652. The predicted octanol–water partition coefficient (Wildman–Crippen LogP) is 1.94. The largest absolute Gasteiger partial charge is 0.196 e. The second-order valence-electron chi connectivity index (χ2n) is 1.44. The van der Waals surface area contributed by atoms with Gasteiger partial charge in [-0.15, -0.1) is 11.6 Å². The first-order valence-electron chi connectivity index (χ1n) is 1.78. The molecule has 0 aliphatic carbocycles. The lowest BCUT2D eigenvalue weighted by atomic mass is 10.2. The Hall–Kier alpha value is 0.510. The van der Waals surface area contributed by atoms with Crippen LogP contribution >= 0.6 is 34.2 Å². The van der Waals surface area contributed by atoms with Crippen molar-refractivity contribution in [1.82, 2.24) is 0 Å². The zero-order valence-corrected chi connectivity index (χ0v) is 6.82. The van der Waals surface area contributed by atoms with Crippen molar-refractivity contribution in [2.24, 2.45) is 0 Å². The van der Waals surface area contributed by atoms with Crippen molar-refractivity contribution in [2.45, 2.75) is 11.8 Å². The SMILES string of the molecule is C[C@@](Cl)(C#N)CI. The minimum Gasteiger partial charge on any atom is -0.196 e. The molecule has 0 bridgehead atoms. The molecule has 0 amide bonds. The molecule has 0 spiro atoms. The summed E-state index contributed by atoms with van der Waals surface area (Å²) in [6.45, 7) is 1.70. The summed E-state index contributed by atoms with van der Waals surface area (Å²) in [5, 5.41) is 8.21. The van der Waals surface area contributed by atoms with Crippen LogP contribution in [0.3, 0.4) is 0 Å². The van der Waals surface area contributed by atoms with Gasteiger partial charge < -0.3 is 0 Å². The average Bonchev–Trinajstić information content (AvgIpc) is 1.68. The maximum absolute atomic E-state index is 8.21. The fraction of sp³-hybridized carbons (Fsp3) is 0.750. The monoisotopic (exact) mass is 229 g/mol. The predicted molar refractivity (Wildman–Crippen MR) is 38.8 cm³/mol. The van der Waals surface area contributed by atoms with E-state index < -0.39 is 4.87 Å². The van der Waals surface area contributed by atoms with Crippen LogP contribution in [0.2, 0.25) is 0 Å². The Morgan fingerprint density at radius 2 is 2.43 bits per heavy atom. The molecule has 0 aliphatic rings. The van der Waals surface area contributed by atoms with E-state index in [4.69, 9.17) is 16.9 Å². The molecule has 0 rings (SSSR count). The van der Waals surface area contributed by atoms with Crippen molar-refractivity contribution >= 4 is 34.2 Å². The van der Waals surface area contributed by atoms with Crippen LogP contribution in [0, 0.1) is 11.3 Å². The lowest BCUT2D eigenvalue weighted by Crippen LogP contribution is -2.13. The van der Waals surface area contributed by atoms with Crippen LogP contribution in [-0.2, 0) is 0 Å². The van der Waals surface area contributed by atoms with Gasteiger partial charge in [-0.25, -0.2) is 0 Å². The Kier molecular flexibility index (Phi) is 2.93. The molecule has 0 fully saturated rings. The zero-order chi connectivity index (χ0) is 5.91. The fourth-order valence-corrected chi connectivity index (χ4v) is 0.200. The first kappa shape index (κ1) is 7.51. The fourth-order valence-electron chi connectivity index (χ4n) is 0.0299. The molecular weight excluding hydrogens is 224 g/mol. The van der Waals surface area contributed by atoms with Crippen LogP contribution in [0.25, 0.3) is 0 Å². The molecule has 0 aliphatic heterocycles. The lowest BCUT2D eigenvalue weighted by molar-refractivity contribution is 0.929. The summed E-state index contributed by atoms with van der Waals surface area (Å²) >= 11 is 7.61. The van der Waals surface area contributed by atoms with Gasteiger partial charge in [0.1, 0.15) is 4.87 Å². The van der Waals surface area contributed by atoms with Gasteiger partial charge in [0.15, 0.2) is 0 Å². The highest BCUT2D eigenvalue weighted by atomic mass is 127. The van der Waals surface area contributed by atoms with Crippen molar-refractivity contribution in [1.29, 1.82) is 5.26 Å². The van der Waals surface area contributed by atoms with E-state index in [1.165, 1.54) is 0 Å². The Balaban J connectivity index is 3.66. The Bertz CT molecular complexity index is 94.4. The molecule has 0 N–H and O–H groups in total. The number of rotatable bonds is 1. The zero-order valence-electron chi connectivity index (χ0n) is 3.91. The maximum atomic E-state index is 8.21. The van der Waals surface area contributed by atoms with Gasteiger partial charge in [0, 0.05) is 4.43 Å². The van der Waals surface area contributed by atoms with Gasteiger partial charge in [-0.2, -0.15) is 5.26 Å². The third-order valence-corrected chi connectivity index (χ3v) is 2.68. The molecule has 1 nitrogen and oxygen atoms in total. The van der Waals surface area contributed by atoms with Gasteiger partial charge in [0.05, 0.1) is 6.07 Å². The van der Waals surface area contributed by atoms with Crippen LogP contribution in [0.15, 0.2) is 0 Å². The van der Waals surface area contributed by atoms with Crippen molar-refractivity contribution in [3.63, 3.8) is 0 Å². The lowest BCUT2D eigenvalue weighted by Gasteiger charge is -2.04. The quantitative estimate of drug-likeness (QED) is 0.498. The molecule has 0 aromatic rings. The third-order valence-electron chi connectivity index (χ3n) is 0.484. The van der Waals surface area contributed by atoms with E-state index in [-0.39, 0.29) is 0 Å². The molecule has 40 valence electrons. The van der Waals surface area contributed by atoms with Crippen molar-refractivity contribution < 1.29 is 0 Å². The molecule has 0 unspecified atom stereocenters. The molecule has 7 heavy (non-hydrogen) atoms. The number of nitriles is 1. The summed E-state index contributed by atoms with van der Waals surface area (Å²) in [5.74, 6) is 0. The van der Waals surface area contributed by atoms with Gasteiger partial charge in [0.2, 0.25) is 0 Å². The van der Waals surface area contributed by atoms with Crippen LogP contribution in [0.1, 0.15) is 6.92 Å². The molecular formula is C4H5ClIN. The molecule has 0 aromatic heterocycles. The number of hydrogen-bond donors (Lipinski definition) is 0. The molecule has 0 radical (unpaired) electrons. The van der Waals surface area contributed by atoms with Gasteiger partial charge in [-0.1, -0.05) is 22.6 Å². The van der Waals surface area contributed by atoms with E-state index in [2.05, 4.69) is 22.6 Å². The van der Waals surface area contributed by atoms with E-state index in [9.17, 15) is 0 Å². The van der Waals surface area contributed by atoms with Gasteiger partial charge in [-0.3, -0.25) is 0 Å². The number of halogens is 2. The topological polar surface area (TPSA) is 23.8 Å². The Morgan fingerprint density at radius 1 is 2.00 bits per heavy atom. The molecule has 1 atom stereocenters. The average molecular weight is 229 g/mol. The number of hydrogen-bond acceptors (Lipinski definition) is 1. The third kappa shape index (κ3) is 3.12. The summed E-state index contributed by atoms with van der Waals surface area (Å²) in [5.41, 5.74) is 0.